The van der Waals surface area contributed by atoms with E-state index in [0.29, 0.717) is 6.54 Å². The second kappa shape index (κ2) is 9.73. The summed E-state index contributed by atoms with van der Waals surface area (Å²) in [6.07, 6.45) is 8.95. The Kier molecular flexibility index (Phi) is 7.30. The predicted octanol–water partition coefficient (Wildman–Crippen LogP) is 3.84. The molecule has 0 bridgehead atoms. The van der Waals surface area contributed by atoms with Crippen LogP contribution < -0.4 is 5.32 Å². The van der Waals surface area contributed by atoms with Gasteiger partial charge in [0.1, 0.15) is 0 Å². The molecule has 1 amide bonds. The van der Waals surface area contributed by atoms with E-state index in [4.69, 9.17) is 10.5 Å². The zero-order valence-corrected chi connectivity index (χ0v) is 14.1. The van der Waals surface area contributed by atoms with Crippen molar-refractivity contribution in [1.29, 1.82) is 10.5 Å². The van der Waals surface area contributed by atoms with E-state index < -0.39 is 5.92 Å². The molecule has 1 fully saturated rings. The van der Waals surface area contributed by atoms with Crippen molar-refractivity contribution < 1.29 is 4.79 Å². The van der Waals surface area contributed by atoms with Gasteiger partial charge in [0, 0.05) is 12.5 Å². The van der Waals surface area contributed by atoms with Gasteiger partial charge in [-0.2, -0.15) is 10.5 Å². The monoisotopic (exact) mass is 323 g/mol. The fourth-order valence-corrected chi connectivity index (χ4v) is 3.25. The van der Waals surface area contributed by atoms with Crippen molar-refractivity contribution in [3.8, 4) is 12.1 Å². The molecule has 24 heavy (non-hydrogen) atoms. The summed E-state index contributed by atoms with van der Waals surface area (Å²) in [6.45, 7) is 0.634. The normalized spacial score (nSPS) is 15.8. The highest BCUT2D eigenvalue weighted by molar-refractivity contribution is 5.78. The minimum atomic E-state index is -0.710. The van der Waals surface area contributed by atoms with Crippen LogP contribution in [0.5, 0.6) is 0 Å². The van der Waals surface area contributed by atoms with Gasteiger partial charge in [0.15, 0.2) is 5.92 Å². The fraction of sp³-hybridized carbons (Fsp3) is 0.550. The minimum Gasteiger partial charge on any atom is -0.356 e. The smallest absolute Gasteiger partial charge is 0.223 e. The average Bonchev–Trinajstić information content (AvgIpc) is 2.57. The molecule has 4 heteroatoms. The maximum atomic E-state index is 12.3. The summed E-state index contributed by atoms with van der Waals surface area (Å²) in [5, 5.41) is 20.9. The van der Waals surface area contributed by atoms with Gasteiger partial charge in [-0.15, -0.1) is 0 Å². The number of hydrogen-bond acceptors (Lipinski definition) is 3. The zero-order valence-electron chi connectivity index (χ0n) is 14.1. The van der Waals surface area contributed by atoms with Crippen LogP contribution in [0.25, 0.3) is 0 Å². The van der Waals surface area contributed by atoms with Crippen LogP contribution in [0, 0.1) is 28.6 Å². The van der Waals surface area contributed by atoms with Crippen LogP contribution in [0.3, 0.4) is 0 Å². The van der Waals surface area contributed by atoms with Crippen molar-refractivity contribution >= 4 is 5.91 Å². The predicted molar refractivity (Wildman–Crippen MR) is 92.9 cm³/mol. The Morgan fingerprint density at radius 3 is 2.21 bits per heavy atom. The number of rotatable bonds is 5. The first-order chi connectivity index (χ1) is 11.7. The topological polar surface area (TPSA) is 76.7 Å². The molecule has 0 aromatic heterocycles. The summed E-state index contributed by atoms with van der Waals surface area (Å²) >= 11 is 0. The Labute approximate surface area is 144 Å². The maximum Gasteiger partial charge on any atom is 0.223 e. The molecule has 0 aliphatic heterocycles. The number of carbonyl (C=O) groups is 1. The Hall–Kier alpha value is -2.33. The molecule has 1 aromatic carbocycles. The van der Waals surface area contributed by atoms with Gasteiger partial charge < -0.3 is 5.32 Å². The number of nitrogens with one attached hydrogen (secondary N) is 1. The highest BCUT2D eigenvalue weighted by atomic mass is 16.1. The van der Waals surface area contributed by atoms with Gasteiger partial charge in [0.2, 0.25) is 5.91 Å². The minimum absolute atomic E-state index is 0.180. The van der Waals surface area contributed by atoms with Gasteiger partial charge in [0.05, 0.1) is 12.1 Å². The van der Waals surface area contributed by atoms with Crippen molar-refractivity contribution in [2.24, 2.45) is 5.92 Å². The van der Waals surface area contributed by atoms with E-state index in [9.17, 15) is 4.79 Å². The SMILES string of the molecule is N#CC(C#N)c1ccc(CCNC(=O)C2CCCCCCC2)cc1. The lowest BCUT2D eigenvalue weighted by Gasteiger charge is -2.19. The quantitative estimate of drug-likeness (QED) is 0.894. The Balaban J connectivity index is 1.78. The molecular weight excluding hydrogens is 298 g/mol. The summed E-state index contributed by atoms with van der Waals surface area (Å²) in [7, 11) is 0. The summed E-state index contributed by atoms with van der Waals surface area (Å²) in [5.74, 6) is -0.333. The largest absolute Gasteiger partial charge is 0.356 e. The highest BCUT2D eigenvalue weighted by Crippen LogP contribution is 2.22. The average molecular weight is 323 g/mol. The number of carbonyl (C=O) groups excluding carboxylic acids is 1. The van der Waals surface area contributed by atoms with Crippen molar-refractivity contribution in [3.05, 3.63) is 35.4 Å². The van der Waals surface area contributed by atoms with E-state index in [2.05, 4.69) is 5.32 Å². The number of amides is 1. The second-order valence-electron chi connectivity index (χ2n) is 6.52. The number of nitriles is 2. The Morgan fingerprint density at radius 2 is 1.62 bits per heavy atom. The van der Waals surface area contributed by atoms with E-state index in [-0.39, 0.29) is 11.8 Å². The van der Waals surface area contributed by atoms with E-state index in [1.807, 2.05) is 36.4 Å². The van der Waals surface area contributed by atoms with Crippen LogP contribution in [0.4, 0.5) is 0 Å². The molecule has 1 aliphatic carbocycles. The van der Waals surface area contributed by atoms with Crippen LogP contribution in [0.15, 0.2) is 24.3 Å². The Morgan fingerprint density at radius 1 is 1.04 bits per heavy atom. The second-order valence-corrected chi connectivity index (χ2v) is 6.52. The van der Waals surface area contributed by atoms with Crippen molar-refractivity contribution in [3.63, 3.8) is 0 Å². The molecule has 1 N–H and O–H groups in total. The van der Waals surface area contributed by atoms with E-state index >= 15 is 0 Å². The van der Waals surface area contributed by atoms with Gasteiger partial charge in [-0.05, 0) is 30.4 Å². The molecule has 1 aliphatic rings. The van der Waals surface area contributed by atoms with Crippen LogP contribution in [-0.4, -0.2) is 12.5 Å². The fourth-order valence-electron chi connectivity index (χ4n) is 3.25. The first-order valence-corrected chi connectivity index (χ1v) is 8.90. The molecule has 0 atom stereocenters. The van der Waals surface area contributed by atoms with Gasteiger partial charge in [-0.1, -0.05) is 56.4 Å². The third kappa shape index (κ3) is 5.39. The van der Waals surface area contributed by atoms with E-state index in [0.717, 1.165) is 30.4 Å². The lowest BCUT2D eigenvalue weighted by Crippen LogP contribution is -2.32. The molecule has 1 saturated carbocycles. The van der Waals surface area contributed by atoms with Crippen molar-refractivity contribution in [2.45, 2.75) is 57.3 Å². The lowest BCUT2D eigenvalue weighted by atomic mass is 9.90. The standard InChI is InChI=1S/C20H25N3O/c21-14-19(15-22)17-10-8-16(9-11-17)12-13-23-20(24)18-6-4-2-1-3-5-7-18/h8-11,18-19H,1-7,12-13H2,(H,23,24). The molecule has 4 nitrogen and oxygen atoms in total. The van der Waals surface area contributed by atoms with Gasteiger partial charge in [-0.25, -0.2) is 0 Å². The number of nitrogens with zero attached hydrogens (tertiary/aromatic N) is 2. The molecule has 0 unspecified atom stereocenters. The first-order valence-electron chi connectivity index (χ1n) is 8.90. The molecule has 0 radical (unpaired) electrons. The van der Waals surface area contributed by atoms with Crippen molar-refractivity contribution in [2.75, 3.05) is 6.54 Å². The van der Waals surface area contributed by atoms with Gasteiger partial charge in [-0.3, -0.25) is 4.79 Å². The highest BCUT2D eigenvalue weighted by Gasteiger charge is 2.18. The van der Waals surface area contributed by atoms with Crippen molar-refractivity contribution in [1.82, 2.24) is 5.32 Å². The lowest BCUT2D eigenvalue weighted by molar-refractivity contribution is -0.125. The Bertz CT molecular complexity index is 587. The summed E-state index contributed by atoms with van der Waals surface area (Å²) < 4.78 is 0. The van der Waals surface area contributed by atoms with Crippen LogP contribution in [0.2, 0.25) is 0 Å². The summed E-state index contributed by atoms with van der Waals surface area (Å²) in [6, 6.07) is 11.5. The van der Waals surface area contributed by atoms with Gasteiger partial charge in [0.25, 0.3) is 0 Å². The van der Waals surface area contributed by atoms with Gasteiger partial charge >= 0.3 is 0 Å². The van der Waals surface area contributed by atoms with E-state index in [1.165, 1.54) is 32.1 Å². The maximum absolute atomic E-state index is 12.3. The molecule has 2 rings (SSSR count). The summed E-state index contributed by atoms with van der Waals surface area (Å²) in [5.41, 5.74) is 1.83. The molecule has 0 saturated heterocycles. The van der Waals surface area contributed by atoms with Crippen LogP contribution in [0.1, 0.15) is 62.0 Å². The van der Waals surface area contributed by atoms with Crippen LogP contribution >= 0.6 is 0 Å². The van der Waals surface area contributed by atoms with Crippen LogP contribution in [-0.2, 0) is 11.2 Å². The molecule has 0 heterocycles. The molecule has 0 spiro atoms. The first kappa shape index (κ1) is 18.0. The molecule has 1 aromatic rings. The molecule has 126 valence electrons. The third-order valence-corrected chi connectivity index (χ3v) is 4.76. The van der Waals surface area contributed by atoms with E-state index in [1.54, 1.807) is 0 Å². The molecular formula is C20H25N3O. The number of hydrogen-bond donors (Lipinski definition) is 1. The number of benzene rings is 1. The summed E-state index contributed by atoms with van der Waals surface area (Å²) in [4.78, 5) is 12.3. The third-order valence-electron chi connectivity index (χ3n) is 4.76. The zero-order chi connectivity index (χ0) is 17.2.